The van der Waals surface area contributed by atoms with Gasteiger partial charge in [-0.1, -0.05) is 83.5 Å². The van der Waals surface area contributed by atoms with Gasteiger partial charge in [-0.25, -0.2) is 0 Å². The van der Waals surface area contributed by atoms with E-state index in [1.54, 1.807) is 70.6 Å². The molecule has 5 rings (SSSR count). The monoisotopic (exact) mass is 248 g/mol. The van der Waals surface area contributed by atoms with E-state index in [1.807, 2.05) is 0 Å². The van der Waals surface area contributed by atoms with E-state index in [0.29, 0.717) is 0 Å². The average Bonchev–Trinajstić information content (AvgIpc) is 2.77. The third-order valence-corrected chi connectivity index (χ3v) is 6.31. The van der Waals surface area contributed by atoms with Crippen LogP contribution in [0.1, 0.15) is 89.9 Å². The van der Waals surface area contributed by atoms with E-state index in [-0.39, 0.29) is 0 Å². The second kappa shape index (κ2) is 6.44. The molecule has 5 saturated carbocycles. The number of hydrogen-bond acceptors (Lipinski definition) is 0. The third-order valence-electron chi connectivity index (χ3n) is 6.31. The van der Waals surface area contributed by atoms with Gasteiger partial charge in [0.25, 0.3) is 0 Å². The number of rotatable bonds is 0. The quantitative estimate of drug-likeness (QED) is 0.496. The summed E-state index contributed by atoms with van der Waals surface area (Å²) in [6.45, 7) is 0. The lowest BCUT2D eigenvalue weighted by molar-refractivity contribution is 0.190. The molecule has 5 aliphatic rings. The number of hydrogen-bond donors (Lipinski definition) is 0. The van der Waals surface area contributed by atoms with Gasteiger partial charge in [0, 0.05) is 0 Å². The maximum absolute atomic E-state index is 1.58. The first-order valence-electron chi connectivity index (χ1n) is 8.90. The lowest BCUT2D eigenvalue weighted by Gasteiger charge is -2.33. The molecular weight excluding hydrogens is 216 g/mol. The minimum atomic E-state index is 1.14. The third kappa shape index (κ3) is 3.52. The fourth-order valence-electron chi connectivity index (χ4n) is 5.13. The van der Waals surface area contributed by atoms with Gasteiger partial charge in [0.15, 0.2) is 0 Å². The van der Waals surface area contributed by atoms with Crippen LogP contribution in [0.2, 0.25) is 0 Å². The van der Waals surface area contributed by atoms with Gasteiger partial charge in [0.2, 0.25) is 0 Å². The van der Waals surface area contributed by atoms with Gasteiger partial charge in [-0.15, -0.1) is 0 Å². The van der Waals surface area contributed by atoms with Crippen molar-refractivity contribution >= 4 is 0 Å². The molecule has 104 valence electrons. The van der Waals surface area contributed by atoms with E-state index >= 15 is 0 Å². The van der Waals surface area contributed by atoms with Crippen molar-refractivity contribution in [2.24, 2.45) is 23.7 Å². The van der Waals surface area contributed by atoms with Crippen LogP contribution < -0.4 is 0 Å². The van der Waals surface area contributed by atoms with Crippen LogP contribution in [-0.4, -0.2) is 0 Å². The Hall–Kier alpha value is 0. The molecule has 0 aromatic rings. The zero-order valence-electron chi connectivity index (χ0n) is 12.2. The van der Waals surface area contributed by atoms with Crippen molar-refractivity contribution in [2.75, 3.05) is 0 Å². The van der Waals surface area contributed by atoms with Crippen LogP contribution >= 0.6 is 0 Å². The summed E-state index contributed by atoms with van der Waals surface area (Å²) >= 11 is 0. The predicted octanol–water partition coefficient (Wildman–Crippen LogP) is 5.95. The van der Waals surface area contributed by atoms with Crippen LogP contribution in [-0.2, 0) is 0 Å². The summed E-state index contributed by atoms with van der Waals surface area (Å²) in [7, 11) is 0. The highest BCUT2D eigenvalue weighted by Gasteiger charge is 2.25. The molecule has 0 atom stereocenters. The molecule has 0 heterocycles. The van der Waals surface area contributed by atoms with Crippen molar-refractivity contribution in [2.45, 2.75) is 89.9 Å². The Labute approximate surface area is 114 Å². The van der Waals surface area contributed by atoms with Crippen LogP contribution in [0.5, 0.6) is 0 Å². The summed E-state index contributed by atoms with van der Waals surface area (Å²) in [6.07, 6.45) is 21.7. The smallest absolute Gasteiger partial charge is 0.0412 e. The molecule has 5 aliphatic carbocycles. The first kappa shape index (κ1) is 13.0. The lowest BCUT2D eigenvalue weighted by atomic mass is 9.72. The zero-order valence-corrected chi connectivity index (χ0v) is 12.2. The Kier molecular flexibility index (Phi) is 4.65. The van der Waals surface area contributed by atoms with Gasteiger partial charge >= 0.3 is 0 Å². The average molecular weight is 248 g/mol. The van der Waals surface area contributed by atoms with E-state index in [0.717, 1.165) is 23.7 Å². The fourth-order valence-corrected chi connectivity index (χ4v) is 5.13. The molecule has 4 bridgehead atoms. The number of fused-ring (bicyclic) bond motifs is 6. The van der Waals surface area contributed by atoms with Gasteiger partial charge in [-0.2, -0.15) is 0 Å². The molecule has 0 N–H and O–H groups in total. The van der Waals surface area contributed by atoms with Crippen LogP contribution in [0.4, 0.5) is 0 Å². The first-order valence-corrected chi connectivity index (χ1v) is 8.90. The molecule has 5 fully saturated rings. The molecular formula is C18H32. The van der Waals surface area contributed by atoms with Crippen LogP contribution in [0, 0.1) is 23.7 Å². The molecule has 18 heavy (non-hydrogen) atoms. The van der Waals surface area contributed by atoms with Crippen molar-refractivity contribution in [1.29, 1.82) is 0 Å². The second-order valence-corrected chi connectivity index (χ2v) is 7.65. The molecule has 0 aromatic heterocycles. The Morgan fingerprint density at radius 3 is 1.00 bits per heavy atom. The van der Waals surface area contributed by atoms with Crippen molar-refractivity contribution in [1.82, 2.24) is 0 Å². The van der Waals surface area contributed by atoms with Gasteiger partial charge < -0.3 is 0 Å². The van der Waals surface area contributed by atoms with Crippen LogP contribution in [0.25, 0.3) is 0 Å². The first-order chi connectivity index (χ1) is 8.90. The largest absolute Gasteiger partial charge is 0.0528 e. The summed E-state index contributed by atoms with van der Waals surface area (Å²) < 4.78 is 0. The van der Waals surface area contributed by atoms with Crippen LogP contribution in [0.3, 0.4) is 0 Å². The molecule has 0 radical (unpaired) electrons. The molecule has 0 saturated heterocycles. The highest BCUT2D eigenvalue weighted by Crippen LogP contribution is 2.39. The molecule has 0 spiro atoms. The highest BCUT2D eigenvalue weighted by atomic mass is 14.3. The Morgan fingerprint density at radius 2 is 0.667 bits per heavy atom. The molecule has 0 unspecified atom stereocenters. The zero-order chi connectivity index (χ0) is 12.2. The Morgan fingerprint density at radius 1 is 0.333 bits per heavy atom. The summed E-state index contributed by atoms with van der Waals surface area (Å²) in [6, 6.07) is 0. The fraction of sp³-hybridized carbons (Fsp3) is 1.00. The summed E-state index contributed by atoms with van der Waals surface area (Å²) in [5, 5.41) is 0. The predicted molar refractivity (Wildman–Crippen MR) is 78.6 cm³/mol. The Balaban J connectivity index is 0.000000111. The van der Waals surface area contributed by atoms with Crippen molar-refractivity contribution in [3.8, 4) is 0 Å². The highest BCUT2D eigenvalue weighted by molar-refractivity contribution is 4.78. The lowest BCUT2D eigenvalue weighted by Crippen LogP contribution is -2.20. The maximum Gasteiger partial charge on any atom is -0.0412 e. The molecule has 0 nitrogen and oxygen atoms in total. The van der Waals surface area contributed by atoms with E-state index in [1.165, 1.54) is 19.3 Å². The van der Waals surface area contributed by atoms with Gasteiger partial charge in [-0.05, 0) is 30.1 Å². The van der Waals surface area contributed by atoms with Crippen molar-refractivity contribution in [3.05, 3.63) is 0 Å². The molecule has 0 heteroatoms. The molecule has 0 aromatic carbocycles. The normalized spacial score (nSPS) is 42.7. The SMILES string of the molecule is C1CC2CCC(C1)CC2.C1CC2CCCC(C1)C2. The minimum absolute atomic E-state index is 1.14. The van der Waals surface area contributed by atoms with Gasteiger partial charge in [0.05, 0.1) is 0 Å². The Bertz CT molecular complexity index is 199. The molecule has 0 aliphatic heterocycles. The summed E-state index contributed by atoms with van der Waals surface area (Å²) in [5.41, 5.74) is 0. The summed E-state index contributed by atoms with van der Waals surface area (Å²) in [5.74, 6) is 4.59. The topological polar surface area (TPSA) is 0 Å². The standard InChI is InChI=1S/2C9H16/c1-3-8-5-2-6-9(4-1)7-8;1-2-8-4-6-9(3-1)7-5-8/h2*8-9H,1-7H2. The van der Waals surface area contributed by atoms with E-state index in [2.05, 4.69) is 0 Å². The maximum atomic E-state index is 1.58. The van der Waals surface area contributed by atoms with Crippen molar-refractivity contribution < 1.29 is 0 Å². The molecule has 0 amide bonds. The van der Waals surface area contributed by atoms with Crippen molar-refractivity contribution in [3.63, 3.8) is 0 Å². The van der Waals surface area contributed by atoms with E-state index in [4.69, 9.17) is 0 Å². The summed E-state index contributed by atoms with van der Waals surface area (Å²) in [4.78, 5) is 0. The minimum Gasteiger partial charge on any atom is -0.0528 e. The van der Waals surface area contributed by atoms with Crippen LogP contribution in [0.15, 0.2) is 0 Å². The van der Waals surface area contributed by atoms with E-state index < -0.39 is 0 Å². The van der Waals surface area contributed by atoms with E-state index in [9.17, 15) is 0 Å². The van der Waals surface area contributed by atoms with Gasteiger partial charge in [0.1, 0.15) is 0 Å². The second-order valence-electron chi connectivity index (χ2n) is 7.65. The van der Waals surface area contributed by atoms with Gasteiger partial charge in [-0.3, -0.25) is 0 Å².